The fourth-order valence-corrected chi connectivity index (χ4v) is 0. The Morgan fingerprint density at radius 3 is 2.00 bits per heavy atom. The topological polar surface area (TPSA) is 37.3 Å². The van der Waals surface area contributed by atoms with Gasteiger partial charge < -0.3 is 5.11 Å². The summed E-state index contributed by atoms with van der Waals surface area (Å²) in [6.07, 6.45) is 0. The van der Waals surface area contributed by atoms with Crippen molar-refractivity contribution < 1.29 is 9.90 Å². The van der Waals surface area contributed by atoms with Crippen molar-refractivity contribution in [2.24, 2.45) is 0 Å². The van der Waals surface area contributed by atoms with Crippen LogP contribution < -0.4 is 0 Å². The molecule has 0 unspecified atom stereocenters. The van der Waals surface area contributed by atoms with Crippen LogP contribution in [0.1, 0.15) is 6.92 Å². The molecule has 0 aromatic heterocycles. The van der Waals surface area contributed by atoms with Crippen molar-refractivity contribution in [2.75, 3.05) is 0 Å². The van der Waals surface area contributed by atoms with Gasteiger partial charge in [-0.25, -0.2) is 0 Å². The molecule has 0 saturated heterocycles. The molecule has 0 amide bonds. The van der Waals surface area contributed by atoms with Crippen LogP contribution in [0.4, 0.5) is 0 Å². The van der Waals surface area contributed by atoms with Crippen LogP contribution in [0.15, 0.2) is 12.3 Å². The largest absolute Gasteiger partial charge is 0.481 e. The predicted molar refractivity (Wildman–Crippen MR) is 33.4 cm³/mol. The van der Waals surface area contributed by atoms with Crippen LogP contribution >= 0.6 is 0 Å². The van der Waals surface area contributed by atoms with E-state index in [1.165, 1.54) is 0 Å². The average Bonchev–Trinajstić information content (AvgIpc) is 1.33. The molecule has 0 aliphatic rings. The molecule has 0 aliphatic carbocycles. The van der Waals surface area contributed by atoms with Crippen LogP contribution in [-0.4, -0.2) is 21.3 Å². The molecule has 0 aromatic rings. The maximum Gasteiger partial charge on any atom is 0.300 e. The van der Waals surface area contributed by atoms with Crippen molar-refractivity contribution >= 4 is 16.2 Å². The number of carbonyl (C=O) groups is 1. The number of hydrogen-bond donors (Lipinski definition) is 1. The molecule has 0 fully saturated rings. The van der Waals surface area contributed by atoms with Gasteiger partial charge in [-0.05, 0) is 0 Å². The van der Waals surface area contributed by atoms with Crippen molar-refractivity contribution in [2.45, 2.75) is 6.92 Å². The summed E-state index contributed by atoms with van der Waals surface area (Å²) in [5, 5.41) is 7.42. The fraction of sp³-hybridized carbons (Fsp3) is 0.250. The van der Waals surface area contributed by atoms with Crippen LogP contribution in [0.25, 0.3) is 0 Å². The highest BCUT2D eigenvalue weighted by Crippen LogP contribution is 1.42. The molecule has 42 valence electrons. The Hall–Kier alpha value is -0.573. The second-order valence-corrected chi connectivity index (χ2v) is 1.74. The van der Waals surface area contributed by atoms with Crippen LogP contribution in [-0.2, 0) is 4.79 Å². The normalized spacial score (nSPS) is 5.86. The van der Waals surface area contributed by atoms with E-state index >= 15 is 0 Å². The van der Waals surface area contributed by atoms with Gasteiger partial charge in [-0.15, -0.1) is 12.3 Å². The standard InChI is InChI=1S/C2H4O2.C2H6Si/c1-2(3)4;1-2-3/h1H3,(H,3,4);2H,1H2,3H3. The Morgan fingerprint density at radius 1 is 2.00 bits per heavy atom. The molecular weight excluding hydrogens is 108 g/mol. The molecule has 0 heterocycles. The van der Waals surface area contributed by atoms with E-state index in [0.29, 0.717) is 0 Å². The van der Waals surface area contributed by atoms with E-state index in [1.54, 1.807) is 0 Å². The van der Waals surface area contributed by atoms with Gasteiger partial charge in [0.1, 0.15) is 0 Å². The lowest BCUT2D eigenvalue weighted by Crippen LogP contribution is -1.78. The molecule has 0 spiro atoms. The Kier molecular flexibility index (Phi) is 12.5. The molecule has 0 bridgehead atoms. The first-order valence-corrected chi connectivity index (χ1v) is 3.07. The SMILES string of the molecule is C=C[SiH3].CC(=O)O. The van der Waals surface area contributed by atoms with Gasteiger partial charge in [-0.2, -0.15) is 0 Å². The van der Waals surface area contributed by atoms with Gasteiger partial charge in [0.15, 0.2) is 0 Å². The third-order valence-corrected chi connectivity index (χ3v) is 0. The highest BCUT2D eigenvalue weighted by molar-refractivity contribution is 6.16. The van der Waals surface area contributed by atoms with E-state index in [2.05, 4.69) is 6.58 Å². The molecule has 0 radical (unpaired) electrons. The quantitative estimate of drug-likeness (QED) is 0.439. The predicted octanol–water partition coefficient (Wildman–Crippen LogP) is -0.414. The van der Waals surface area contributed by atoms with Gasteiger partial charge >= 0.3 is 0 Å². The van der Waals surface area contributed by atoms with Crippen LogP contribution in [0.2, 0.25) is 0 Å². The smallest absolute Gasteiger partial charge is 0.300 e. The van der Waals surface area contributed by atoms with E-state index in [9.17, 15) is 0 Å². The first-order chi connectivity index (χ1) is 3.15. The zero-order valence-corrected chi connectivity index (χ0v) is 6.64. The van der Waals surface area contributed by atoms with Gasteiger partial charge in [0.2, 0.25) is 0 Å². The van der Waals surface area contributed by atoms with Crippen molar-refractivity contribution in [1.29, 1.82) is 0 Å². The molecule has 1 N–H and O–H groups in total. The molecule has 2 nitrogen and oxygen atoms in total. The van der Waals surface area contributed by atoms with E-state index in [0.717, 1.165) is 17.2 Å². The minimum atomic E-state index is -0.833. The molecule has 0 aliphatic heterocycles. The Labute approximate surface area is 46.3 Å². The summed E-state index contributed by atoms with van der Waals surface area (Å²) in [7, 11) is 1.13. The fourth-order valence-electron chi connectivity index (χ4n) is 0. The van der Waals surface area contributed by atoms with Gasteiger partial charge in [-0.1, -0.05) is 0 Å². The molecular formula is C4H10O2Si. The highest BCUT2D eigenvalue weighted by atomic mass is 28.1. The monoisotopic (exact) mass is 118 g/mol. The summed E-state index contributed by atoms with van der Waals surface area (Å²) in [5.41, 5.74) is 1.89. The lowest BCUT2D eigenvalue weighted by Gasteiger charge is -1.59. The van der Waals surface area contributed by atoms with Gasteiger partial charge in [0.05, 0.1) is 0 Å². The lowest BCUT2D eigenvalue weighted by atomic mass is 10.9. The summed E-state index contributed by atoms with van der Waals surface area (Å²) in [4.78, 5) is 9.00. The number of carboxylic acid groups (broad SMARTS) is 1. The molecule has 0 atom stereocenters. The number of aliphatic carboxylic acids is 1. The number of carboxylic acids is 1. The maximum atomic E-state index is 9.00. The van der Waals surface area contributed by atoms with Crippen molar-refractivity contribution in [3.8, 4) is 0 Å². The number of hydrogen-bond acceptors (Lipinski definition) is 1. The van der Waals surface area contributed by atoms with Crippen molar-refractivity contribution in [3.05, 3.63) is 12.3 Å². The third kappa shape index (κ3) is 194. The van der Waals surface area contributed by atoms with Gasteiger partial charge in [0.25, 0.3) is 5.97 Å². The minimum absolute atomic E-state index is 0.833. The first kappa shape index (κ1) is 9.66. The number of rotatable bonds is 0. The average molecular weight is 118 g/mol. The Morgan fingerprint density at radius 2 is 2.00 bits per heavy atom. The molecule has 3 heteroatoms. The molecule has 0 saturated carbocycles. The highest BCUT2D eigenvalue weighted by Gasteiger charge is 1.65. The zero-order chi connectivity index (χ0) is 6.28. The summed E-state index contributed by atoms with van der Waals surface area (Å²) in [5.74, 6) is -0.833. The minimum Gasteiger partial charge on any atom is -0.481 e. The lowest BCUT2D eigenvalue weighted by molar-refractivity contribution is -0.134. The summed E-state index contributed by atoms with van der Waals surface area (Å²) < 4.78 is 0. The molecule has 0 aromatic carbocycles. The van der Waals surface area contributed by atoms with Crippen LogP contribution in [0, 0.1) is 0 Å². The maximum absolute atomic E-state index is 9.00. The molecule has 0 rings (SSSR count). The Bertz CT molecular complexity index is 56.7. The van der Waals surface area contributed by atoms with E-state index < -0.39 is 5.97 Å². The van der Waals surface area contributed by atoms with Gasteiger partial charge in [0, 0.05) is 17.2 Å². The van der Waals surface area contributed by atoms with Gasteiger partial charge in [-0.3, -0.25) is 4.79 Å². The van der Waals surface area contributed by atoms with E-state index in [-0.39, 0.29) is 0 Å². The molecule has 7 heavy (non-hydrogen) atoms. The second-order valence-electron chi connectivity index (χ2n) is 0.927. The summed E-state index contributed by atoms with van der Waals surface area (Å²) in [6.45, 7) is 4.51. The van der Waals surface area contributed by atoms with Crippen LogP contribution in [0.5, 0.6) is 0 Å². The van der Waals surface area contributed by atoms with E-state index in [1.807, 2.05) is 5.70 Å². The van der Waals surface area contributed by atoms with Crippen LogP contribution in [0.3, 0.4) is 0 Å². The summed E-state index contributed by atoms with van der Waals surface area (Å²) >= 11 is 0. The summed E-state index contributed by atoms with van der Waals surface area (Å²) in [6, 6.07) is 0. The second kappa shape index (κ2) is 9.06. The Balaban J connectivity index is 0. The first-order valence-electron chi connectivity index (χ1n) is 1.91. The van der Waals surface area contributed by atoms with E-state index in [4.69, 9.17) is 9.90 Å². The third-order valence-electron chi connectivity index (χ3n) is 0. The van der Waals surface area contributed by atoms with Crippen molar-refractivity contribution in [1.82, 2.24) is 0 Å². The zero-order valence-electron chi connectivity index (χ0n) is 4.64. The van der Waals surface area contributed by atoms with Crippen molar-refractivity contribution in [3.63, 3.8) is 0 Å².